The highest BCUT2D eigenvalue weighted by Gasteiger charge is 2.22. The predicted molar refractivity (Wildman–Crippen MR) is 80.8 cm³/mol. The van der Waals surface area contributed by atoms with Gasteiger partial charge in [0.15, 0.2) is 0 Å². The second kappa shape index (κ2) is 5.90. The smallest absolute Gasteiger partial charge is 0.248 e. The van der Waals surface area contributed by atoms with Crippen molar-refractivity contribution in [1.82, 2.24) is 0 Å². The van der Waals surface area contributed by atoms with Gasteiger partial charge in [0.2, 0.25) is 11.8 Å². The van der Waals surface area contributed by atoms with Gasteiger partial charge in [0.05, 0.1) is 0 Å². The third-order valence-corrected chi connectivity index (χ3v) is 3.25. The van der Waals surface area contributed by atoms with Crippen LogP contribution in [0.5, 0.6) is 0 Å². The summed E-state index contributed by atoms with van der Waals surface area (Å²) in [5.41, 5.74) is 3.64. The Morgan fingerprint density at radius 3 is 2.65 bits per heavy atom. The normalized spacial score (nSPS) is 14.3. The molecule has 1 saturated heterocycles. The van der Waals surface area contributed by atoms with Crippen molar-refractivity contribution < 1.29 is 9.59 Å². The van der Waals surface area contributed by atoms with E-state index in [0.717, 1.165) is 35.5 Å². The maximum absolute atomic E-state index is 11.8. The van der Waals surface area contributed by atoms with Crippen LogP contribution in [0.25, 0.3) is 0 Å². The fourth-order valence-electron chi connectivity index (χ4n) is 2.38. The molecule has 0 unspecified atom stereocenters. The first-order valence-electron chi connectivity index (χ1n) is 6.84. The van der Waals surface area contributed by atoms with Crippen LogP contribution in [-0.2, 0) is 9.59 Å². The van der Waals surface area contributed by atoms with Crippen LogP contribution in [-0.4, -0.2) is 18.4 Å². The largest absolute Gasteiger partial charge is 0.323 e. The summed E-state index contributed by atoms with van der Waals surface area (Å²) in [4.78, 5) is 25.3. The number of carbonyl (C=O) groups is 2. The van der Waals surface area contributed by atoms with Gasteiger partial charge >= 0.3 is 0 Å². The average Bonchev–Trinajstić information content (AvgIpc) is 2.74. The summed E-state index contributed by atoms with van der Waals surface area (Å²) in [7, 11) is 0. The Morgan fingerprint density at radius 1 is 1.35 bits per heavy atom. The first-order chi connectivity index (χ1) is 9.47. The van der Waals surface area contributed by atoms with Gasteiger partial charge in [0.1, 0.15) is 0 Å². The molecule has 0 aromatic heterocycles. The summed E-state index contributed by atoms with van der Waals surface area (Å²) in [5, 5.41) is 2.82. The molecule has 1 aliphatic rings. The summed E-state index contributed by atoms with van der Waals surface area (Å²) in [5.74, 6) is 0.0452. The maximum atomic E-state index is 11.8. The Bertz CT molecular complexity index is 572. The zero-order valence-corrected chi connectivity index (χ0v) is 12.2. The molecular weight excluding hydrogens is 252 g/mol. The predicted octanol–water partition coefficient (Wildman–Crippen LogP) is 3.03. The second-order valence-electron chi connectivity index (χ2n) is 5.36. The molecule has 0 radical (unpaired) electrons. The fraction of sp³-hybridized carbons (Fsp3) is 0.375. The van der Waals surface area contributed by atoms with Gasteiger partial charge in [0, 0.05) is 30.4 Å². The highest BCUT2D eigenvalue weighted by atomic mass is 16.2. The molecule has 2 rings (SSSR count). The number of carbonyl (C=O) groups excluding carboxylic acids is 2. The second-order valence-corrected chi connectivity index (χ2v) is 5.36. The number of hydrogen-bond acceptors (Lipinski definition) is 2. The SMILES string of the molecule is CC(C)=CC(=O)Nc1ccc(N2CCCC2=O)c(C)c1. The van der Waals surface area contributed by atoms with Gasteiger partial charge in [-0.3, -0.25) is 9.59 Å². The quantitative estimate of drug-likeness (QED) is 0.860. The van der Waals surface area contributed by atoms with Crippen molar-refractivity contribution in [2.24, 2.45) is 0 Å². The number of anilines is 2. The van der Waals surface area contributed by atoms with E-state index in [4.69, 9.17) is 0 Å². The topological polar surface area (TPSA) is 49.4 Å². The number of nitrogens with one attached hydrogen (secondary N) is 1. The lowest BCUT2D eigenvalue weighted by atomic mass is 10.1. The van der Waals surface area contributed by atoms with Crippen molar-refractivity contribution in [3.05, 3.63) is 35.4 Å². The van der Waals surface area contributed by atoms with Gasteiger partial charge in [-0.1, -0.05) is 5.57 Å². The van der Waals surface area contributed by atoms with Crippen LogP contribution in [0.15, 0.2) is 29.8 Å². The van der Waals surface area contributed by atoms with Crippen LogP contribution < -0.4 is 10.2 Å². The van der Waals surface area contributed by atoms with Crippen molar-refractivity contribution in [1.29, 1.82) is 0 Å². The molecule has 1 aromatic carbocycles. The zero-order valence-electron chi connectivity index (χ0n) is 12.2. The molecule has 1 N–H and O–H groups in total. The molecule has 4 heteroatoms. The summed E-state index contributed by atoms with van der Waals surface area (Å²) >= 11 is 0. The molecule has 20 heavy (non-hydrogen) atoms. The summed E-state index contributed by atoms with van der Waals surface area (Å²) in [6.45, 7) is 6.50. The number of benzene rings is 1. The van der Waals surface area contributed by atoms with Crippen LogP contribution >= 0.6 is 0 Å². The molecule has 0 bridgehead atoms. The zero-order chi connectivity index (χ0) is 14.7. The first-order valence-corrected chi connectivity index (χ1v) is 6.84. The standard InChI is InChI=1S/C16H20N2O2/c1-11(2)9-15(19)17-13-6-7-14(12(3)10-13)18-8-4-5-16(18)20/h6-7,9-10H,4-5,8H2,1-3H3,(H,17,19). The average molecular weight is 272 g/mol. The van der Waals surface area contributed by atoms with Crippen molar-refractivity contribution in [3.63, 3.8) is 0 Å². The Hall–Kier alpha value is -2.10. The molecule has 2 amide bonds. The van der Waals surface area contributed by atoms with E-state index in [2.05, 4.69) is 5.32 Å². The van der Waals surface area contributed by atoms with E-state index >= 15 is 0 Å². The number of rotatable bonds is 3. The molecule has 0 spiro atoms. The van der Waals surface area contributed by atoms with Gasteiger partial charge in [-0.25, -0.2) is 0 Å². The van der Waals surface area contributed by atoms with Gasteiger partial charge in [-0.15, -0.1) is 0 Å². The Morgan fingerprint density at radius 2 is 2.10 bits per heavy atom. The lowest BCUT2D eigenvalue weighted by molar-refractivity contribution is -0.117. The van der Waals surface area contributed by atoms with Crippen molar-refractivity contribution >= 4 is 23.2 Å². The van der Waals surface area contributed by atoms with Gasteiger partial charge in [0.25, 0.3) is 0 Å². The van der Waals surface area contributed by atoms with E-state index < -0.39 is 0 Å². The van der Waals surface area contributed by atoms with E-state index in [9.17, 15) is 9.59 Å². The maximum Gasteiger partial charge on any atom is 0.248 e. The summed E-state index contributed by atoms with van der Waals surface area (Å²) in [6, 6.07) is 5.64. The molecule has 4 nitrogen and oxygen atoms in total. The third-order valence-electron chi connectivity index (χ3n) is 3.25. The minimum atomic E-state index is -0.130. The molecule has 0 atom stereocenters. The lowest BCUT2D eigenvalue weighted by Gasteiger charge is -2.19. The molecule has 1 aliphatic heterocycles. The van der Waals surface area contributed by atoms with Gasteiger partial charge in [-0.2, -0.15) is 0 Å². The highest BCUT2D eigenvalue weighted by molar-refractivity contribution is 6.00. The summed E-state index contributed by atoms with van der Waals surface area (Å²) in [6.07, 6.45) is 3.10. The number of amides is 2. The highest BCUT2D eigenvalue weighted by Crippen LogP contribution is 2.27. The Balaban J connectivity index is 2.15. The molecule has 1 aromatic rings. The molecule has 1 heterocycles. The van der Waals surface area contributed by atoms with Crippen LogP contribution in [0.3, 0.4) is 0 Å². The van der Waals surface area contributed by atoms with Crippen LogP contribution in [0.2, 0.25) is 0 Å². The van der Waals surface area contributed by atoms with E-state index in [1.54, 1.807) is 6.08 Å². The van der Waals surface area contributed by atoms with E-state index in [1.165, 1.54) is 0 Å². The van der Waals surface area contributed by atoms with Crippen molar-refractivity contribution in [2.75, 3.05) is 16.8 Å². The molecular formula is C16H20N2O2. The number of aryl methyl sites for hydroxylation is 1. The first kappa shape index (κ1) is 14.3. The van der Waals surface area contributed by atoms with Gasteiger partial charge in [-0.05, 0) is 51.0 Å². The molecule has 0 saturated carbocycles. The van der Waals surface area contributed by atoms with Crippen LogP contribution in [0, 0.1) is 6.92 Å². The Labute approximate surface area is 119 Å². The van der Waals surface area contributed by atoms with E-state index in [-0.39, 0.29) is 11.8 Å². The van der Waals surface area contributed by atoms with E-state index in [1.807, 2.05) is 43.9 Å². The van der Waals surface area contributed by atoms with Crippen molar-refractivity contribution in [3.8, 4) is 0 Å². The number of hydrogen-bond donors (Lipinski definition) is 1. The van der Waals surface area contributed by atoms with E-state index in [0.29, 0.717) is 6.42 Å². The van der Waals surface area contributed by atoms with Crippen LogP contribution in [0.4, 0.5) is 11.4 Å². The van der Waals surface area contributed by atoms with Crippen LogP contribution in [0.1, 0.15) is 32.3 Å². The van der Waals surface area contributed by atoms with Crippen molar-refractivity contribution in [2.45, 2.75) is 33.6 Å². The number of allylic oxidation sites excluding steroid dienone is 1. The lowest BCUT2D eigenvalue weighted by Crippen LogP contribution is -2.24. The fourth-order valence-corrected chi connectivity index (χ4v) is 2.38. The monoisotopic (exact) mass is 272 g/mol. The molecule has 0 aliphatic carbocycles. The minimum absolute atomic E-state index is 0.130. The Kier molecular flexibility index (Phi) is 4.23. The molecule has 1 fully saturated rings. The minimum Gasteiger partial charge on any atom is -0.323 e. The molecule has 106 valence electrons. The summed E-state index contributed by atoms with van der Waals surface area (Å²) < 4.78 is 0. The third kappa shape index (κ3) is 3.26. The number of nitrogens with zero attached hydrogens (tertiary/aromatic N) is 1. The van der Waals surface area contributed by atoms with Gasteiger partial charge < -0.3 is 10.2 Å².